The minimum Gasteiger partial charge on any atom is -0.481 e. The summed E-state index contributed by atoms with van der Waals surface area (Å²) in [6.45, 7) is 0.0993. The number of carboxylic acid groups (broad SMARTS) is 1. The van der Waals surface area contributed by atoms with Gasteiger partial charge in [0, 0.05) is 31.3 Å². The number of amides is 2. The molecule has 1 unspecified atom stereocenters. The van der Waals surface area contributed by atoms with Crippen molar-refractivity contribution >= 4 is 23.5 Å². The predicted octanol–water partition coefficient (Wildman–Crippen LogP) is 2.12. The summed E-state index contributed by atoms with van der Waals surface area (Å²) in [7, 11) is 0. The van der Waals surface area contributed by atoms with Crippen molar-refractivity contribution in [3.63, 3.8) is 0 Å². The molecule has 0 radical (unpaired) electrons. The minimum absolute atomic E-state index is 0.118. The first-order valence-electron chi connectivity index (χ1n) is 7.04. The van der Waals surface area contributed by atoms with Gasteiger partial charge in [-0.15, -0.1) is 0 Å². The maximum atomic E-state index is 13.1. The topological polar surface area (TPSA) is 86.7 Å². The predicted molar refractivity (Wildman–Crippen MR) is 77.4 cm³/mol. The largest absolute Gasteiger partial charge is 0.481 e. The third-order valence-corrected chi connectivity index (χ3v) is 3.96. The molecule has 0 spiro atoms. The lowest BCUT2D eigenvalue weighted by atomic mass is 9.86. The van der Waals surface area contributed by atoms with E-state index in [9.17, 15) is 27.6 Å². The van der Waals surface area contributed by atoms with Crippen LogP contribution in [0.2, 0.25) is 0 Å². The molecule has 1 aromatic rings. The number of benzene rings is 1. The van der Waals surface area contributed by atoms with Gasteiger partial charge in [-0.25, -0.2) is 0 Å². The summed E-state index contributed by atoms with van der Waals surface area (Å²) in [5.41, 5.74) is -2.37. The van der Waals surface area contributed by atoms with Crippen molar-refractivity contribution in [3.8, 4) is 0 Å². The monoisotopic (exact) mass is 344 g/mol. The highest BCUT2D eigenvalue weighted by atomic mass is 19.4. The van der Waals surface area contributed by atoms with Crippen molar-refractivity contribution in [1.82, 2.24) is 4.90 Å². The number of likely N-dealkylation sites (tertiary alicyclic amines) is 1. The molecule has 1 aliphatic rings. The third kappa shape index (κ3) is 3.19. The number of alkyl halides is 3. The van der Waals surface area contributed by atoms with Crippen molar-refractivity contribution < 1.29 is 32.7 Å². The fourth-order valence-electron chi connectivity index (χ4n) is 2.59. The zero-order valence-corrected chi connectivity index (χ0v) is 12.7. The lowest BCUT2D eigenvalue weighted by Crippen LogP contribution is -2.47. The van der Waals surface area contributed by atoms with E-state index in [4.69, 9.17) is 5.11 Å². The molecule has 0 bridgehead atoms. The molecule has 0 aliphatic carbocycles. The first-order valence-corrected chi connectivity index (χ1v) is 7.04. The van der Waals surface area contributed by atoms with Crippen molar-refractivity contribution in [2.75, 3.05) is 18.4 Å². The molecule has 0 saturated carbocycles. The van der Waals surface area contributed by atoms with E-state index in [1.54, 1.807) is 0 Å². The highest BCUT2D eigenvalue weighted by molar-refractivity contribution is 5.96. The molecular formula is C15H15F3N2O4. The lowest BCUT2D eigenvalue weighted by molar-refractivity contribution is -0.227. The van der Waals surface area contributed by atoms with Crippen LogP contribution in [0.25, 0.3) is 0 Å². The molecule has 6 nitrogen and oxygen atoms in total. The molecule has 1 fully saturated rings. The van der Waals surface area contributed by atoms with Crippen LogP contribution < -0.4 is 5.32 Å². The standard InChI is InChI=1S/C15H15F3N2O4/c1-9(21)19-11-4-2-10(3-5-11)12(22)20-7-6-14(8-20,13(23)24)15(16,17)18/h2-5H,6-8H2,1H3,(H,19,21)(H,23,24). The van der Waals surface area contributed by atoms with Crippen LogP contribution in [-0.2, 0) is 9.59 Å². The maximum absolute atomic E-state index is 13.1. The summed E-state index contributed by atoms with van der Waals surface area (Å²) in [5, 5.41) is 11.5. The van der Waals surface area contributed by atoms with Crippen LogP contribution in [0.15, 0.2) is 24.3 Å². The molecule has 2 N–H and O–H groups in total. The molecule has 24 heavy (non-hydrogen) atoms. The van der Waals surface area contributed by atoms with Gasteiger partial charge < -0.3 is 15.3 Å². The first-order chi connectivity index (χ1) is 11.1. The second-order valence-electron chi connectivity index (χ2n) is 5.62. The number of nitrogens with zero attached hydrogens (tertiary/aromatic N) is 1. The maximum Gasteiger partial charge on any atom is 0.406 e. The highest BCUT2D eigenvalue weighted by Crippen LogP contribution is 2.46. The highest BCUT2D eigenvalue weighted by Gasteiger charge is 2.64. The van der Waals surface area contributed by atoms with Gasteiger partial charge in [0.2, 0.25) is 5.91 Å². The van der Waals surface area contributed by atoms with Gasteiger partial charge in [-0.05, 0) is 30.7 Å². The van der Waals surface area contributed by atoms with Crippen molar-refractivity contribution in [1.29, 1.82) is 0 Å². The second kappa shape index (κ2) is 6.14. The van der Waals surface area contributed by atoms with E-state index >= 15 is 0 Å². The first kappa shape index (κ1) is 17.8. The van der Waals surface area contributed by atoms with E-state index in [0.29, 0.717) is 5.69 Å². The van der Waals surface area contributed by atoms with Crippen LogP contribution in [0.3, 0.4) is 0 Å². The fraction of sp³-hybridized carbons (Fsp3) is 0.400. The Kier molecular flexibility index (Phi) is 4.54. The van der Waals surface area contributed by atoms with E-state index in [1.807, 2.05) is 0 Å². The van der Waals surface area contributed by atoms with Crippen molar-refractivity contribution in [2.24, 2.45) is 5.41 Å². The van der Waals surface area contributed by atoms with Crippen LogP contribution >= 0.6 is 0 Å². The summed E-state index contributed by atoms with van der Waals surface area (Å²) >= 11 is 0. The molecule has 2 rings (SSSR count). The Labute approximate surface area is 135 Å². The van der Waals surface area contributed by atoms with Crippen molar-refractivity contribution in [2.45, 2.75) is 19.5 Å². The summed E-state index contributed by atoms with van der Waals surface area (Å²) in [6, 6.07) is 5.61. The van der Waals surface area contributed by atoms with Gasteiger partial charge in [0.1, 0.15) is 0 Å². The number of rotatable bonds is 3. The quantitative estimate of drug-likeness (QED) is 0.879. The molecule has 1 heterocycles. The molecule has 1 saturated heterocycles. The molecular weight excluding hydrogens is 329 g/mol. The lowest BCUT2D eigenvalue weighted by Gasteiger charge is -2.27. The molecule has 1 atom stereocenters. The molecule has 0 aromatic heterocycles. The molecule has 1 aromatic carbocycles. The Bertz CT molecular complexity index is 672. The summed E-state index contributed by atoms with van der Waals surface area (Å²) in [5.74, 6) is -2.96. The van der Waals surface area contributed by atoms with E-state index in [-0.39, 0.29) is 18.0 Å². The van der Waals surface area contributed by atoms with Crippen LogP contribution in [-0.4, -0.2) is 47.1 Å². The van der Waals surface area contributed by atoms with Crippen LogP contribution in [0.4, 0.5) is 18.9 Å². The summed E-state index contributed by atoms with van der Waals surface area (Å²) < 4.78 is 39.4. The average Bonchev–Trinajstić information content (AvgIpc) is 2.93. The van der Waals surface area contributed by atoms with Gasteiger partial charge in [-0.2, -0.15) is 13.2 Å². The van der Waals surface area contributed by atoms with Gasteiger partial charge in [-0.3, -0.25) is 14.4 Å². The number of hydrogen-bond acceptors (Lipinski definition) is 3. The van der Waals surface area contributed by atoms with Gasteiger partial charge >= 0.3 is 12.1 Å². The van der Waals surface area contributed by atoms with Crippen LogP contribution in [0.5, 0.6) is 0 Å². The molecule has 2 amide bonds. The smallest absolute Gasteiger partial charge is 0.406 e. The number of carbonyl (C=O) groups is 3. The summed E-state index contributed by atoms with van der Waals surface area (Å²) in [6.07, 6.45) is -5.62. The molecule has 1 aliphatic heterocycles. The zero-order valence-electron chi connectivity index (χ0n) is 12.7. The fourth-order valence-corrected chi connectivity index (χ4v) is 2.59. The second-order valence-corrected chi connectivity index (χ2v) is 5.62. The van der Waals surface area contributed by atoms with Gasteiger partial charge in [0.15, 0.2) is 5.41 Å². The van der Waals surface area contributed by atoms with Crippen LogP contribution in [0.1, 0.15) is 23.7 Å². The number of aliphatic carboxylic acids is 1. The minimum atomic E-state index is -4.94. The number of nitrogens with one attached hydrogen (secondary N) is 1. The van der Waals surface area contributed by atoms with Crippen LogP contribution in [0, 0.1) is 5.41 Å². The Morgan fingerprint density at radius 3 is 2.21 bits per heavy atom. The third-order valence-electron chi connectivity index (χ3n) is 3.96. The van der Waals surface area contributed by atoms with E-state index in [0.717, 1.165) is 4.90 Å². The van der Waals surface area contributed by atoms with E-state index in [1.165, 1.54) is 31.2 Å². The number of carbonyl (C=O) groups excluding carboxylic acids is 2. The van der Waals surface area contributed by atoms with Gasteiger partial charge in [0.25, 0.3) is 5.91 Å². The average molecular weight is 344 g/mol. The van der Waals surface area contributed by atoms with Gasteiger partial charge in [-0.1, -0.05) is 0 Å². The Morgan fingerprint density at radius 1 is 1.21 bits per heavy atom. The number of carboxylic acids is 1. The Balaban J connectivity index is 2.17. The molecule has 130 valence electrons. The van der Waals surface area contributed by atoms with Crippen molar-refractivity contribution in [3.05, 3.63) is 29.8 Å². The van der Waals surface area contributed by atoms with E-state index in [2.05, 4.69) is 5.32 Å². The number of halogens is 3. The van der Waals surface area contributed by atoms with Gasteiger partial charge in [0.05, 0.1) is 0 Å². The normalized spacial score (nSPS) is 20.8. The number of anilines is 1. The number of hydrogen-bond donors (Lipinski definition) is 2. The van der Waals surface area contributed by atoms with E-state index < -0.39 is 36.4 Å². The summed E-state index contributed by atoms with van der Waals surface area (Å²) in [4.78, 5) is 35.2. The SMILES string of the molecule is CC(=O)Nc1ccc(C(=O)N2CCC(C(=O)O)(C(F)(F)F)C2)cc1. The Morgan fingerprint density at radius 2 is 1.79 bits per heavy atom. The Hall–Kier alpha value is -2.58. The molecule has 9 heteroatoms. The zero-order chi connectivity index (χ0) is 18.1.